The van der Waals surface area contributed by atoms with Crippen molar-refractivity contribution in [2.75, 3.05) is 25.4 Å². The minimum absolute atomic E-state index is 0.0409. The summed E-state index contributed by atoms with van der Waals surface area (Å²) in [5.41, 5.74) is 0. The Kier molecular flexibility index (Phi) is 4.84. The van der Waals surface area contributed by atoms with Crippen LogP contribution in [-0.4, -0.2) is 44.1 Å². The lowest BCUT2D eigenvalue weighted by molar-refractivity contribution is -0.142. The fourth-order valence-electron chi connectivity index (χ4n) is 3.14. The van der Waals surface area contributed by atoms with E-state index in [1.54, 1.807) is 11.2 Å². The molecule has 0 aromatic heterocycles. The fraction of sp³-hybridized carbons (Fsp3) is 0.923. The molecule has 2 atom stereocenters. The predicted octanol–water partition coefficient (Wildman–Crippen LogP) is 1.39. The number of sulfonamides is 1. The molecule has 1 saturated heterocycles. The number of rotatable bonds is 5. The molecule has 2 fully saturated rings. The van der Waals surface area contributed by atoms with Crippen LogP contribution in [-0.2, 0) is 19.6 Å². The minimum atomic E-state index is -3.31. The van der Waals surface area contributed by atoms with Gasteiger partial charge in [-0.05, 0) is 38.0 Å². The topological polar surface area (TPSA) is 63.7 Å². The second-order valence-electron chi connectivity index (χ2n) is 5.56. The van der Waals surface area contributed by atoms with E-state index in [-0.39, 0.29) is 12.2 Å². The zero-order valence-corrected chi connectivity index (χ0v) is 12.3. The van der Waals surface area contributed by atoms with Crippen molar-refractivity contribution in [3.8, 4) is 0 Å². The molecule has 1 heterocycles. The normalized spacial score (nSPS) is 28.1. The SMILES string of the molecule is CCOC(=O)CCS(=O)(=O)N1CCC2CCC(C2)C1. The van der Waals surface area contributed by atoms with Crippen LogP contribution in [0.4, 0.5) is 0 Å². The largest absolute Gasteiger partial charge is 0.466 e. The maximum absolute atomic E-state index is 12.2. The van der Waals surface area contributed by atoms with E-state index in [4.69, 9.17) is 4.74 Å². The molecule has 2 unspecified atom stereocenters. The van der Waals surface area contributed by atoms with E-state index in [1.807, 2.05) is 0 Å². The third-order valence-electron chi connectivity index (χ3n) is 4.16. The molecule has 110 valence electrons. The first-order valence-electron chi connectivity index (χ1n) is 7.14. The molecule has 1 saturated carbocycles. The van der Waals surface area contributed by atoms with Crippen LogP contribution in [0.5, 0.6) is 0 Å². The Morgan fingerprint density at radius 2 is 2.00 bits per heavy atom. The molecule has 0 N–H and O–H groups in total. The van der Waals surface area contributed by atoms with E-state index >= 15 is 0 Å². The van der Waals surface area contributed by atoms with Crippen LogP contribution in [0.15, 0.2) is 0 Å². The van der Waals surface area contributed by atoms with Crippen LogP contribution in [0.1, 0.15) is 39.0 Å². The molecule has 2 aliphatic rings. The van der Waals surface area contributed by atoms with Crippen molar-refractivity contribution < 1.29 is 17.9 Å². The molecule has 0 aromatic carbocycles. The third kappa shape index (κ3) is 3.92. The second-order valence-corrected chi connectivity index (χ2v) is 7.65. The lowest BCUT2D eigenvalue weighted by Gasteiger charge is -2.24. The number of carbonyl (C=O) groups excluding carboxylic acids is 1. The Balaban J connectivity index is 1.90. The Morgan fingerprint density at radius 3 is 2.74 bits per heavy atom. The van der Waals surface area contributed by atoms with Crippen molar-refractivity contribution in [1.82, 2.24) is 4.31 Å². The van der Waals surface area contributed by atoms with Gasteiger partial charge in [-0.1, -0.05) is 6.42 Å². The van der Waals surface area contributed by atoms with Gasteiger partial charge < -0.3 is 4.74 Å². The summed E-state index contributed by atoms with van der Waals surface area (Å²) < 4.78 is 30.9. The van der Waals surface area contributed by atoms with Gasteiger partial charge in [-0.15, -0.1) is 0 Å². The van der Waals surface area contributed by atoms with Crippen LogP contribution < -0.4 is 0 Å². The predicted molar refractivity (Wildman–Crippen MR) is 72.1 cm³/mol. The monoisotopic (exact) mass is 289 g/mol. The summed E-state index contributed by atoms with van der Waals surface area (Å²) in [5, 5.41) is 0. The fourth-order valence-corrected chi connectivity index (χ4v) is 4.64. The van der Waals surface area contributed by atoms with Crippen LogP contribution in [0.2, 0.25) is 0 Å². The van der Waals surface area contributed by atoms with Gasteiger partial charge in [0.25, 0.3) is 0 Å². The van der Waals surface area contributed by atoms with Gasteiger partial charge in [0.1, 0.15) is 0 Å². The van der Waals surface area contributed by atoms with E-state index in [1.165, 1.54) is 12.8 Å². The van der Waals surface area contributed by atoms with E-state index in [0.717, 1.165) is 12.8 Å². The van der Waals surface area contributed by atoms with Crippen LogP contribution in [0, 0.1) is 11.8 Å². The smallest absolute Gasteiger partial charge is 0.306 e. The Bertz CT molecular complexity index is 420. The molecule has 0 aromatic rings. The zero-order chi connectivity index (χ0) is 13.9. The van der Waals surface area contributed by atoms with Crippen molar-refractivity contribution in [3.05, 3.63) is 0 Å². The molecule has 0 radical (unpaired) electrons. The average Bonchev–Trinajstić information content (AvgIpc) is 2.66. The standard InChI is InChI=1S/C13H23NO4S/c1-2-18-13(15)6-8-19(16,17)14-7-5-11-3-4-12(9-11)10-14/h11-12H,2-10H2,1H3. The summed E-state index contributed by atoms with van der Waals surface area (Å²) in [7, 11) is -3.31. The lowest BCUT2D eigenvalue weighted by atomic mass is 10.0. The number of hydrogen-bond acceptors (Lipinski definition) is 4. The van der Waals surface area contributed by atoms with Crippen molar-refractivity contribution in [2.45, 2.75) is 39.0 Å². The molecule has 2 rings (SSSR count). The number of nitrogens with zero attached hydrogens (tertiary/aromatic N) is 1. The zero-order valence-electron chi connectivity index (χ0n) is 11.5. The maximum atomic E-state index is 12.2. The molecular formula is C13H23NO4S. The molecule has 5 nitrogen and oxygen atoms in total. The molecule has 1 aliphatic carbocycles. The van der Waals surface area contributed by atoms with Crippen molar-refractivity contribution in [3.63, 3.8) is 0 Å². The van der Waals surface area contributed by atoms with Gasteiger partial charge in [0.05, 0.1) is 18.8 Å². The van der Waals surface area contributed by atoms with Gasteiger partial charge in [-0.2, -0.15) is 0 Å². The third-order valence-corrected chi connectivity index (χ3v) is 6.00. The van der Waals surface area contributed by atoms with Gasteiger partial charge in [-0.25, -0.2) is 12.7 Å². The van der Waals surface area contributed by atoms with Crippen LogP contribution in [0.3, 0.4) is 0 Å². The summed E-state index contributed by atoms with van der Waals surface area (Å²) in [4.78, 5) is 11.3. The highest BCUT2D eigenvalue weighted by Crippen LogP contribution is 2.37. The van der Waals surface area contributed by atoms with E-state index in [9.17, 15) is 13.2 Å². The highest BCUT2D eigenvalue weighted by atomic mass is 32.2. The second kappa shape index (κ2) is 6.22. The molecular weight excluding hydrogens is 266 g/mol. The van der Waals surface area contributed by atoms with Crippen molar-refractivity contribution >= 4 is 16.0 Å². The van der Waals surface area contributed by atoms with Gasteiger partial charge >= 0.3 is 5.97 Å². The molecule has 19 heavy (non-hydrogen) atoms. The van der Waals surface area contributed by atoms with E-state index in [0.29, 0.717) is 31.5 Å². The molecule has 2 bridgehead atoms. The number of ether oxygens (including phenoxy) is 1. The first-order chi connectivity index (χ1) is 9.01. The highest BCUT2D eigenvalue weighted by molar-refractivity contribution is 7.89. The van der Waals surface area contributed by atoms with E-state index < -0.39 is 16.0 Å². The van der Waals surface area contributed by atoms with Gasteiger partial charge in [0.2, 0.25) is 10.0 Å². The summed E-state index contributed by atoms with van der Waals surface area (Å²) >= 11 is 0. The Labute approximate surface area is 115 Å². The Hall–Kier alpha value is -0.620. The highest BCUT2D eigenvalue weighted by Gasteiger charge is 2.34. The number of fused-ring (bicyclic) bond motifs is 2. The summed E-state index contributed by atoms with van der Waals surface area (Å²) in [6, 6.07) is 0. The number of hydrogen-bond donors (Lipinski definition) is 0. The first-order valence-corrected chi connectivity index (χ1v) is 8.75. The van der Waals surface area contributed by atoms with Gasteiger partial charge in [-0.3, -0.25) is 4.79 Å². The number of esters is 1. The summed E-state index contributed by atoms with van der Waals surface area (Å²) in [6.45, 7) is 3.28. The maximum Gasteiger partial charge on any atom is 0.306 e. The first kappa shape index (κ1) is 14.8. The van der Waals surface area contributed by atoms with Gasteiger partial charge in [0.15, 0.2) is 0 Å². The lowest BCUT2D eigenvalue weighted by Crippen LogP contribution is -2.37. The summed E-state index contributed by atoms with van der Waals surface area (Å²) in [5.74, 6) is 0.672. The number of carbonyl (C=O) groups is 1. The van der Waals surface area contributed by atoms with Gasteiger partial charge in [0, 0.05) is 13.1 Å². The van der Waals surface area contributed by atoms with Crippen LogP contribution in [0.25, 0.3) is 0 Å². The molecule has 0 spiro atoms. The van der Waals surface area contributed by atoms with E-state index in [2.05, 4.69) is 0 Å². The molecule has 1 aliphatic heterocycles. The summed E-state index contributed by atoms with van der Waals surface area (Å²) in [6.07, 6.45) is 4.50. The van der Waals surface area contributed by atoms with Crippen molar-refractivity contribution in [2.24, 2.45) is 11.8 Å². The molecule has 0 amide bonds. The quantitative estimate of drug-likeness (QED) is 0.718. The van der Waals surface area contributed by atoms with Crippen LogP contribution >= 0.6 is 0 Å². The Morgan fingerprint density at radius 1 is 1.26 bits per heavy atom. The average molecular weight is 289 g/mol. The van der Waals surface area contributed by atoms with Crippen molar-refractivity contribution in [1.29, 1.82) is 0 Å². The minimum Gasteiger partial charge on any atom is -0.466 e. The molecule has 6 heteroatoms.